The fourth-order valence-electron chi connectivity index (χ4n) is 3.80. The van der Waals surface area contributed by atoms with Crippen molar-refractivity contribution in [1.29, 1.82) is 0 Å². The quantitative estimate of drug-likeness (QED) is 0.317. The van der Waals surface area contributed by atoms with Crippen LogP contribution in [-0.2, 0) is 11.3 Å². The summed E-state index contributed by atoms with van der Waals surface area (Å²) in [4.78, 5) is 30.3. The van der Waals surface area contributed by atoms with E-state index in [4.69, 9.17) is 4.74 Å². The number of benzene rings is 1. The second-order valence-electron chi connectivity index (χ2n) is 7.13. The van der Waals surface area contributed by atoms with Crippen LogP contribution in [0.15, 0.2) is 40.3 Å². The van der Waals surface area contributed by atoms with E-state index in [2.05, 4.69) is 16.5 Å². The molecular formula is C22H27N3O3S. The molecule has 29 heavy (non-hydrogen) atoms. The first-order chi connectivity index (χ1) is 13.9. The standard InChI is InChI=1S/C22H27N3O3S/c1-6-24-21(27)17-9-7-8-10-19(17)23-22(24)29-13-20(26)18-11-14(2)25(16(18)4)15(3)12-28-5/h7-11,15H,6,12-13H2,1-5H3/t15-/m0/s1. The number of aromatic nitrogens is 3. The fourth-order valence-corrected chi connectivity index (χ4v) is 4.74. The Morgan fingerprint density at radius 3 is 2.69 bits per heavy atom. The highest BCUT2D eigenvalue weighted by Gasteiger charge is 2.20. The van der Waals surface area contributed by atoms with E-state index in [0.29, 0.717) is 34.8 Å². The Morgan fingerprint density at radius 2 is 2.00 bits per heavy atom. The van der Waals surface area contributed by atoms with Crippen LogP contribution in [0.5, 0.6) is 0 Å². The lowest BCUT2D eigenvalue weighted by Gasteiger charge is -2.17. The van der Waals surface area contributed by atoms with Gasteiger partial charge in [0.15, 0.2) is 10.9 Å². The van der Waals surface area contributed by atoms with Crippen LogP contribution < -0.4 is 5.56 Å². The Bertz CT molecular complexity index is 1100. The summed E-state index contributed by atoms with van der Waals surface area (Å²) in [5.41, 5.74) is 3.28. The van der Waals surface area contributed by atoms with Crippen LogP contribution in [0, 0.1) is 13.8 Å². The molecule has 0 saturated carbocycles. The van der Waals surface area contributed by atoms with Crippen molar-refractivity contribution in [2.75, 3.05) is 19.5 Å². The number of carbonyl (C=O) groups excluding carboxylic acids is 1. The van der Waals surface area contributed by atoms with Gasteiger partial charge in [-0.2, -0.15) is 0 Å². The first-order valence-corrected chi connectivity index (χ1v) is 10.7. The Balaban J connectivity index is 1.87. The number of carbonyl (C=O) groups is 1. The van der Waals surface area contributed by atoms with Gasteiger partial charge in [0.25, 0.3) is 5.56 Å². The number of methoxy groups -OCH3 is 1. The third kappa shape index (κ3) is 4.16. The van der Waals surface area contributed by atoms with Crippen molar-refractivity contribution in [3.8, 4) is 0 Å². The Hall–Kier alpha value is -2.38. The number of rotatable bonds is 8. The molecule has 3 aromatic rings. The first-order valence-electron chi connectivity index (χ1n) is 9.71. The molecule has 0 bridgehead atoms. The maximum Gasteiger partial charge on any atom is 0.262 e. The van der Waals surface area contributed by atoms with Gasteiger partial charge in [-0.15, -0.1) is 0 Å². The molecule has 0 radical (unpaired) electrons. The van der Waals surface area contributed by atoms with Gasteiger partial charge in [0.1, 0.15) is 0 Å². The summed E-state index contributed by atoms with van der Waals surface area (Å²) in [6.07, 6.45) is 0. The van der Waals surface area contributed by atoms with Crippen molar-refractivity contribution >= 4 is 28.4 Å². The van der Waals surface area contributed by atoms with Gasteiger partial charge >= 0.3 is 0 Å². The lowest BCUT2D eigenvalue weighted by atomic mass is 10.2. The molecule has 1 aromatic carbocycles. The SMILES string of the molecule is CCn1c(SCC(=O)c2cc(C)n([C@@H](C)COC)c2C)nc2ccccc2c1=O. The molecule has 6 nitrogen and oxygen atoms in total. The fraction of sp³-hybridized carbons (Fsp3) is 0.409. The summed E-state index contributed by atoms with van der Waals surface area (Å²) in [5.74, 6) is 0.261. The zero-order valence-corrected chi connectivity index (χ0v) is 18.4. The van der Waals surface area contributed by atoms with Gasteiger partial charge in [-0.05, 0) is 45.9 Å². The minimum absolute atomic E-state index is 0.0315. The number of para-hydroxylation sites is 1. The molecular weight excluding hydrogens is 386 g/mol. The van der Waals surface area contributed by atoms with Crippen LogP contribution >= 0.6 is 11.8 Å². The minimum atomic E-state index is -0.0698. The van der Waals surface area contributed by atoms with Gasteiger partial charge in [-0.3, -0.25) is 14.2 Å². The van der Waals surface area contributed by atoms with Crippen molar-refractivity contribution in [2.45, 2.75) is 45.4 Å². The lowest BCUT2D eigenvalue weighted by molar-refractivity contribution is 0.102. The van der Waals surface area contributed by atoms with Crippen LogP contribution in [0.3, 0.4) is 0 Å². The molecule has 1 atom stereocenters. The summed E-state index contributed by atoms with van der Waals surface area (Å²) in [6, 6.07) is 9.40. The van der Waals surface area contributed by atoms with Crippen molar-refractivity contribution in [2.24, 2.45) is 0 Å². The third-order valence-corrected chi connectivity index (χ3v) is 6.09. The number of ether oxygens (including phenoxy) is 1. The van der Waals surface area contributed by atoms with Gasteiger partial charge in [-0.25, -0.2) is 4.98 Å². The predicted octanol–water partition coefficient (Wildman–Crippen LogP) is 4.02. The zero-order chi connectivity index (χ0) is 21.1. The Morgan fingerprint density at radius 1 is 1.28 bits per heavy atom. The summed E-state index contributed by atoms with van der Waals surface area (Å²) in [7, 11) is 1.68. The second kappa shape index (κ2) is 8.97. The summed E-state index contributed by atoms with van der Waals surface area (Å²) >= 11 is 1.31. The molecule has 0 amide bonds. The average Bonchev–Trinajstić information content (AvgIpc) is 3.00. The summed E-state index contributed by atoms with van der Waals surface area (Å²) < 4.78 is 9.03. The lowest BCUT2D eigenvalue weighted by Crippen LogP contribution is -2.23. The van der Waals surface area contributed by atoms with Crippen LogP contribution in [0.1, 0.15) is 41.6 Å². The van der Waals surface area contributed by atoms with Gasteiger partial charge in [0, 0.05) is 30.6 Å². The number of aryl methyl sites for hydroxylation is 1. The molecule has 0 aliphatic carbocycles. The largest absolute Gasteiger partial charge is 0.383 e. The highest BCUT2D eigenvalue weighted by molar-refractivity contribution is 7.99. The van der Waals surface area contributed by atoms with E-state index in [1.807, 2.05) is 45.0 Å². The highest BCUT2D eigenvalue weighted by atomic mass is 32.2. The van der Waals surface area contributed by atoms with Crippen LogP contribution in [0.2, 0.25) is 0 Å². The van der Waals surface area contributed by atoms with E-state index in [9.17, 15) is 9.59 Å². The van der Waals surface area contributed by atoms with Crippen molar-refractivity contribution in [3.05, 3.63) is 57.6 Å². The van der Waals surface area contributed by atoms with E-state index >= 15 is 0 Å². The van der Waals surface area contributed by atoms with E-state index < -0.39 is 0 Å². The molecule has 154 valence electrons. The van der Waals surface area contributed by atoms with Gasteiger partial charge in [0.2, 0.25) is 0 Å². The molecule has 2 heterocycles. The van der Waals surface area contributed by atoms with Crippen molar-refractivity contribution in [1.82, 2.24) is 14.1 Å². The smallest absolute Gasteiger partial charge is 0.262 e. The predicted molar refractivity (Wildman–Crippen MR) is 117 cm³/mol. The Labute approximate surface area is 174 Å². The topological polar surface area (TPSA) is 66.1 Å². The summed E-state index contributed by atoms with van der Waals surface area (Å²) in [6.45, 7) is 9.05. The molecule has 0 unspecified atom stereocenters. The molecule has 7 heteroatoms. The Kier molecular flexibility index (Phi) is 6.59. The molecule has 0 saturated heterocycles. The number of hydrogen-bond donors (Lipinski definition) is 0. The van der Waals surface area contributed by atoms with Crippen LogP contribution in [0.4, 0.5) is 0 Å². The van der Waals surface area contributed by atoms with Gasteiger partial charge in [-0.1, -0.05) is 23.9 Å². The molecule has 0 aliphatic heterocycles. The number of thioether (sulfide) groups is 1. The average molecular weight is 414 g/mol. The van der Waals surface area contributed by atoms with E-state index in [1.54, 1.807) is 17.7 Å². The van der Waals surface area contributed by atoms with Crippen molar-refractivity contribution in [3.63, 3.8) is 0 Å². The molecule has 3 rings (SSSR count). The number of ketones is 1. The molecule has 0 aliphatic rings. The van der Waals surface area contributed by atoms with Gasteiger partial charge < -0.3 is 9.30 Å². The van der Waals surface area contributed by atoms with Crippen molar-refractivity contribution < 1.29 is 9.53 Å². The minimum Gasteiger partial charge on any atom is -0.383 e. The second-order valence-corrected chi connectivity index (χ2v) is 8.07. The number of nitrogens with zero attached hydrogens (tertiary/aromatic N) is 3. The molecule has 0 N–H and O–H groups in total. The zero-order valence-electron chi connectivity index (χ0n) is 17.6. The molecule has 2 aromatic heterocycles. The molecule has 0 spiro atoms. The monoisotopic (exact) mass is 413 g/mol. The molecule has 0 fully saturated rings. The van der Waals surface area contributed by atoms with Gasteiger partial charge in [0.05, 0.1) is 29.3 Å². The maximum atomic E-state index is 13.0. The third-order valence-electron chi connectivity index (χ3n) is 5.11. The first kappa shape index (κ1) is 21.3. The normalized spacial score (nSPS) is 12.4. The van der Waals surface area contributed by atoms with E-state index in [1.165, 1.54) is 11.8 Å². The van der Waals surface area contributed by atoms with Crippen LogP contribution in [-0.4, -0.2) is 39.4 Å². The van der Waals surface area contributed by atoms with E-state index in [-0.39, 0.29) is 23.1 Å². The summed E-state index contributed by atoms with van der Waals surface area (Å²) in [5, 5.41) is 1.17. The van der Waals surface area contributed by atoms with Crippen LogP contribution in [0.25, 0.3) is 10.9 Å². The van der Waals surface area contributed by atoms with E-state index in [0.717, 1.165) is 11.4 Å². The maximum absolute atomic E-state index is 13.0. The number of hydrogen-bond acceptors (Lipinski definition) is 5. The number of Topliss-reactive ketones (excluding diaryl/α,β-unsaturated/α-hetero) is 1. The number of fused-ring (bicyclic) bond motifs is 1. The highest BCUT2D eigenvalue weighted by Crippen LogP contribution is 2.24.